The molecule has 1 aromatic carbocycles. The average molecular weight is 346 g/mol. The number of urea groups is 1. The van der Waals surface area contributed by atoms with Crippen LogP contribution in [0.25, 0.3) is 0 Å². The van der Waals surface area contributed by atoms with E-state index in [0.29, 0.717) is 17.9 Å². The van der Waals surface area contributed by atoms with E-state index in [9.17, 15) is 9.59 Å². The van der Waals surface area contributed by atoms with Crippen LogP contribution in [-0.4, -0.2) is 28.9 Å². The number of benzene rings is 1. The van der Waals surface area contributed by atoms with Crippen molar-refractivity contribution in [1.82, 2.24) is 9.88 Å². The molecule has 1 aromatic heterocycles. The summed E-state index contributed by atoms with van der Waals surface area (Å²) in [7, 11) is 1.73. The summed E-state index contributed by atoms with van der Waals surface area (Å²) in [4.78, 5) is 30.7. The number of carbonyl (C=O) groups is 2. The second kappa shape index (κ2) is 7.92. The van der Waals surface area contributed by atoms with Crippen molar-refractivity contribution in [2.75, 3.05) is 17.7 Å². The highest BCUT2D eigenvalue weighted by molar-refractivity contribution is 7.11. The van der Waals surface area contributed by atoms with Crippen molar-refractivity contribution < 1.29 is 9.59 Å². The van der Waals surface area contributed by atoms with Crippen molar-refractivity contribution in [3.8, 4) is 0 Å². The van der Waals surface area contributed by atoms with Gasteiger partial charge in [0.2, 0.25) is 5.91 Å². The molecule has 0 aliphatic carbocycles. The van der Waals surface area contributed by atoms with E-state index in [1.807, 2.05) is 19.2 Å². The van der Waals surface area contributed by atoms with Crippen molar-refractivity contribution in [3.05, 3.63) is 39.8 Å². The summed E-state index contributed by atoms with van der Waals surface area (Å²) in [6.07, 6.45) is 2.80. The Bertz CT molecular complexity index is 742. The standard InChI is InChI=1S/C17H22N4O2S/c1-5-14-9-18-16(24-14)10-21(4)17(23)20-15-8-13(19-12(3)22)7-6-11(15)2/h6-9H,5,10H2,1-4H3,(H,19,22)(H,20,23). The van der Waals surface area contributed by atoms with Crippen LogP contribution in [0.15, 0.2) is 24.4 Å². The van der Waals surface area contributed by atoms with Gasteiger partial charge in [0.25, 0.3) is 0 Å². The molecule has 0 spiro atoms. The number of nitrogens with zero attached hydrogens (tertiary/aromatic N) is 2. The van der Waals surface area contributed by atoms with Crippen LogP contribution in [0.4, 0.5) is 16.2 Å². The van der Waals surface area contributed by atoms with E-state index in [0.717, 1.165) is 17.0 Å². The molecule has 0 unspecified atom stereocenters. The molecule has 128 valence electrons. The van der Waals surface area contributed by atoms with Crippen LogP contribution >= 0.6 is 11.3 Å². The molecule has 0 fully saturated rings. The highest BCUT2D eigenvalue weighted by Crippen LogP contribution is 2.21. The molecule has 3 amide bonds. The molecule has 0 bridgehead atoms. The third-order valence-corrected chi connectivity index (χ3v) is 4.59. The summed E-state index contributed by atoms with van der Waals surface area (Å²) in [5, 5.41) is 6.50. The molecule has 0 atom stereocenters. The van der Waals surface area contributed by atoms with Crippen molar-refractivity contribution in [2.45, 2.75) is 33.7 Å². The van der Waals surface area contributed by atoms with Gasteiger partial charge in [-0.1, -0.05) is 13.0 Å². The van der Waals surface area contributed by atoms with Crippen LogP contribution in [0.1, 0.15) is 29.3 Å². The summed E-state index contributed by atoms with van der Waals surface area (Å²) >= 11 is 1.62. The van der Waals surface area contributed by atoms with Crippen molar-refractivity contribution in [3.63, 3.8) is 0 Å². The molecule has 0 radical (unpaired) electrons. The van der Waals surface area contributed by atoms with Gasteiger partial charge in [-0.2, -0.15) is 0 Å². The zero-order chi connectivity index (χ0) is 17.7. The Kier molecular flexibility index (Phi) is 5.92. The number of aromatic nitrogens is 1. The highest BCUT2D eigenvalue weighted by Gasteiger charge is 2.13. The lowest BCUT2D eigenvalue weighted by atomic mass is 10.2. The number of hydrogen-bond donors (Lipinski definition) is 2. The Morgan fingerprint density at radius 2 is 2.04 bits per heavy atom. The number of carbonyl (C=O) groups excluding carboxylic acids is 2. The minimum Gasteiger partial charge on any atom is -0.326 e. The molecule has 1 heterocycles. The van der Waals surface area contributed by atoms with E-state index in [1.54, 1.807) is 35.4 Å². The molecule has 2 N–H and O–H groups in total. The molecule has 0 aliphatic heterocycles. The maximum absolute atomic E-state index is 12.4. The number of aryl methyl sites for hydroxylation is 2. The van der Waals surface area contributed by atoms with Crippen molar-refractivity contribution in [1.29, 1.82) is 0 Å². The maximum Gasteiger partial charge on any atom is 0.321 e. The van der Waals surface area contributed by atoms with Crippen molar-refractivity contribution >= 4 is 34.6 Å². The smallest absolute Gasteiger partial charge is 0.321 e. The molecule has 6 nitrogen and oxygen atoms in total. The van der Waals surface area contributed by atoms with Crippen molar-refractivity contribution in [2.24, 2.45) is 0 Å². The fourth-order valence-corrected chi connectivity index (χ4v) is 3.02. The molecule has 2 aromatic rings. The Hall–Kier alpha value is -2.41. The first-order valence-electron chi connectivity index (χ1n) is 7.73. The molecule has 2 rings (SSSR count). The SMILES string of the molecule is CCc1cnc(CN(C)C(=O)Nc2cc(NC(C)=O)ccc2C)s1. The number of nitrogens with one attached hydrogen (secondary N) is 2. The highest BCUT2D eigenvalue weighted by atomic mass is 32.1. The van der Waals surface area contributed by atoms with Crippen LogP contribution in [0.5, 0.6) is 0 Å². The zero-order valence-corrected chi connectivity index (χ0v) is 15.2. The number of anilines is 2. The van der Waals surface area contributed by atoms with E-state index >= 15 is 0 Å². The lowest BCUT2D eigenvalue weighted by molar-refractivity contribution is -0.114. The van der Waals surface area contributed by atoms with Gasteiger partial charge in [-0.25, -0.2) is 9.78 Å². The van der Waals surface area contributed by atoms with E-state index in [1.165, 1.54) is 11.8 Å². The number of thiazole rings is 1. The lowest BCUT2D eigenvalue weighted by Gasteiger charge is -2.18. The van der Waals surface area contributed by atoms with Gasteiger partial charge in [0.15, 0.2) is 0 Å². The van der Waals surface area contributed by atoms with E-state index in [4.69, 9.17) is 0 Å². The minimum atomic E-state index is -0.216. The molecule has 24 heavy (non-hydrogen) atoms. The molecule has 0 saturated heterocycles. The fraction of sp³-hybridized carbons (Fsp3) is 0.353. The van der Waals surface area contributed by atoms with Gasteiger partial charge < -0.3 is 15.5 Å². The normalized spacial score (nSPS) is 10.3. The summed E-state index contributed by atoms with van der Waals surface area (Å²) in [6, 6.07) is 5.19. The third kappa shape index (κ3) is 4.79. The molecular formula is C17H22N4O2S. The first kappa shape index (κ1) is 17.9. The van der Waals surface area contributed by atoms with Gasteiger partial charge in [-0.05, 0) is 31.0 Å². The van der Waals surface area contributed by atoms with Crippen LogP contribution in [0, 0.1) is 6.92 Å². The van der Waals surface area contributed by atoms with Gasteiger partial charge >= 0.3 is 6.03 Å². The third-order valence-electron chi connectivity index (χ3n) is 3.47. The predicted molar refractivity (Wildman–Crippen MR) is 97.5 cm³/mol. The second-order valence-electron chi connectivity index (χ2n) is 5.57. The summed E-state index contributed by atoms with van der Waals surface area (Å²) in [5.74, 6) is -0.149. The monoisotopic (exact) mass is 346 g/mol. The molecule has 0 aliphatic rings. The van der Waals surface area contributed by atoms with Gasteiger partial charge in [0.05, 0.1) is 6.54 Å². The lowest BCUT2D eigenvalue weighted by Crippen LogP contribution is -2.31. The first-order valence-corrected chi connectivity index (χ1v) is 8.54. The Balaban J connectivity index is 2.03. The topological polar surface area (TPSA) is 74.3 Å². The average Bonchev–Trinajstić information content (AvgIpc) is 2.97. The Morgan fingerprint density at radius 3 is 2.67 bits per heavy atom. The van der Waals surface area contributed by atoms with Gasteiger partial charge in [-0.15, -0.1) is 11.3 Å². The molecular weight excluding hydrogens is 324 g/mol. The molecule has 0 saturated carbocycles. The zero-order valence-electron chi connectivity index (χ0n) is 14.3. The van der Waals surface area contributed by atoms with Gasteiger partial charge in [0.1, 0.15) is 5.01 Å². The van der Waals surface area contributed by atoms with Crippen LogP contribution in [0.3, 0.4) is 0 Å². The van der Waals surface area contributed by atoms with E-state index in [-0.39, 0.29) is 11.9 Å². The van der Waals surface area contributed by atoms with E-state index in [2.05, 4.69) is 22.5 Å². The largest absolute Gasteiger partial charge is 0.326 e. The Morgan fingerprint density at radius 1 is 1.29 bits per heavy atom. The predicted octanol–water partition coefficient (Wildman–Crippen LogP) is 3.64. The number of hydrogen-bond acceptors (Lipinski definition) is 4. The number of amides is 3. The first-order chi connectivity index (χ1) is 11.4. The minimum absolute atomic E-state index is 0.149. The Labute approximate surface area is 145 Å². The summed E-state index contributed by atoms with van der Waals surface area (Å²) < 4.78 is 0. The van der Waals surface area contributed by atoms with E-state index < -0.39 is 0 Å². The van der Waals surface area contributed by atoms with Gasteiger partial charge in [-0.3, -0.25) is 4.79 Å². The number of rotatable bonds is 5. The quantitative estimate of drug-likeness (QED) is 0.868. The summed E-state index contributed by atoms with van der Waals surface area (Å²) in [6.45, 7) is 5.89. The van der Waals surface area contributed by atoms with Crippen LogP contribution in [0.2, 0.25) is 0 Å². The maximum atomic E-state index is 12.4. The van der Waals surface area contributed by atoms with Gasteiger partial charge in [0, 0.05) is 36.4 Å². The van der Waals surface area contributed by atoms with Crippen LogP contribution in [-0.2, 0) is 17.8 Å². The second-order valence-corrected chi connectivity index (χ2v) is 6.77. The summed E-state index contributed by atoms with van der Waals surface area (Å²) in [5.41, 5.74) is 2.25. The molecule has 7 heteroatoms. The van der Waals surface area contributed by atoms with Crippen LogP contribution < -0.4 is 10.6 Å². The fourth-order valence-electron chi connectivity index (χ4n) is 2.11.